The van der Waals surface area contributed by atoms with Gasteiger partial charge in [0.25, 0.3) is 0 Å². The molecular formula is C10H10F2O2. The summed E-state index contributed by atoms with van der Waals surface area (Å²) in [6.07, 6.45) is 0. The maximum Gasteiger partial charge on any atom is 0.379 e. The highest BCUT2D eigenvalue weighted by Crippen LogP contribution is 2.31. The first kappa shape index (κ1) is 10.6. The highest BCUT2D eigenvalue weighted by atomic mass is 19.3. The van der Waals surface area contributed by atoms with E-state index in [1.165, 1.54) is 13.0 Å². The first-order chi connectivity index (χ1) is 6.37. The summed E-state index contributed by atoms with van der Waals surface area (Å²) in [6.45, 7) is 3.15. The van der Waals surface area contributed by atoms with Gasteiger partial charge in [0.2, 0.25) is 0 Å². The Morgan fingerprint density at radius 2 is 1.93 bits per heavy atom. The fourth-order valence-corrected chi connectivity index (χ4v) is 1.21. The SMILES string of the molecule is Cc1cccc(C(F)(F)C(=O)O)c1C. The van der Waals surface area contributed by atoms with Crippen LogP contribution in [-0.2, 0) is 10.7 Å². The molecule has 0 aromatic heterocycles. The summed E-state index contributed by atoms with van der Waals surface area (Å²) >= 11 is 0. The monoisotopic (exact) mass is 200 g/mol. The number of rotatable bonds is 2. The van der Waals surface area contributed by atoms with Crippen molar-refractivity contribution in [1.29, 1.82) is 0 Å². The molecule has 0 radical (unpaired) electrons. The summed E-state index contributed by atoms with van der Waals surface area (Å²) in [5, 5.41) is 8.36. The van der Waals surface area contributed by atoms with E-state index in [9.17, 15) is 13.6 Å². The third-order valence-electron chi connectivity index (χ3n) is 2.21. The minimum atomic E-state index is -3.81. The van der Waals surface area contributed by atoms with Crippen LogP contribution in [0.5, 0.6) is 0 Å². The molecule has 0 saturated carbocycles. The van der Waals surface area contributed by atoms with Crippen LogP contribution >= 0.6 is 0 Å². The molecule has 1 rings (SSSR count). The summed E-state index contributed by atoms with van der Waals surface area (Å²) in [5.74, 6) is -5.93. The van der Waals surface area contributed by atoms with Gasteiger partial charge >= 0.3 is 11.9 Å². The maximum absolute atomic E-state index is 13.1. The summed E-state index contributed by atoms with van der Waals surface area (Å²) < 4.78 is 26.2. The van der Waals surface area contributed by atoms with Gasteiger partial charge in [0.15, 0.2) is 0 Å². The molecule has 0 aliphatic rings. The molecule has 1 aromatic carbocycles. The molecule has 0 bridgehead atoms. The number of aryl methyl sites for hydroxylation is 1. The van der Waals surface area contributed by atoms with Gasteiger partial charge in [-0.15, -0.1) is 0 Å². The molecule has 0 fully saturated rings. The second kappa shape index (κ2) is 3.36. The van der Waals surface area contributed by atoms with Gasteiger partial charge in [0.05, 0.1) is 0 Å². The number of hydrogen-bond acceptors (Lipinski definition) is 1. The zero-order chi connectivity index (χ0) is 10.9. The zero-order valence-electron chi connectivity index (χ0n) is 7.84. The van der Waals surface area contributed by atoms with E-state index in [0.29, 0.717) is 11.1 Å². The van der Waals surface area contributed by atoms with Gasteiger partial charge in [-0.25, -0.2) is 4.79 Å². The molecule has 0 amide bonds. The van der Waals surface area contributed by atoms with E-state index in [-0.39, 0.29) is 0 Å². The topological polar surface area (TPSA) is 37.3 Å². The maximum atomic E-state index is 13.1. The van der Waals surface area contributed by atoms with Gasteiger partial charge in [0.1, 0.15) is 0 Å². The molecule has 0 atom stereocenters. The highest BCUT2D eigenvalue weighted by molar-refractivity contribution is 5.78. The molecule has 1 N–H and O–H groups in total. The molecular weight excluding hydrogens is 190 g/mol. The zero-order valence-corrected chi connectivity index (χ0v) is 7.84. The fourth-order valence-electron chi connectivity index (χ4n) is 1.21. The summed E-state index contributed by atoms with van der Waals surface area (Å²) in [4.78, 5) is 10.3. The number of halogens is 2. The lowest BCUT2D eigenvalue weighted by Gasteiger charge is -2.15. The largest absolute Gasteiger partial charge is 0.477 e. The van der Waals surface area contributed by atoms with Gasteiger partial charge in [-0.1, -0.05) is 18.2 Å². The van der Waals surface area contributed by atoms with E-state index in [1.807, 2.05) is 0 Å². The smallest absolute Gasteiger partial charge is 0.379 e. The molecule has 0 saturated heterocycles. The number of benzene rings is 1. The van der Waals surface area contributed by atoms with Crippen molar-refractivity contribution in [2.24, 2.45) is 0 Å². The van der Waals surface area contributed by atoms with Crippen LogP contribution in [0.3, 0.4) is 0 Å². The lowest BCUT2D eigenvalue weighted by Crippen LogP contribution is -2.26. The van der Waals surface area contributed by atoms with Crippen molar-refractivity contribution in [2.75, 3.05) is 0 Å². The third-order valence-corrected chi connectivity index (χ3v) is 2.21. The number of carboxylic acid groups (broad SMARTS) is 1. The Kier molecular flexibility index (Phi) is 2.55. The predicted octanol–water partition coefficient (Wildman–Crippen LogP) is 2.48. The Bertz CT molecular complexity index is 372. The second-order valence-corrected chi connectivity index (χ2v) is 3.13. The second-order valence-electron chi connectivity index (χ2n) is 3.13. The number of aliphatic carboxylic acids is 1. The average Bonchev–Trinajstić information content (AvgIpc) is 2.09. The van der Waals surface area contributed by atoms with Crippen LogP contribution in [0.4, 0.5) is 8.78 Å². The van der Waals surface area contributed by atoms with E-state index < -0.39 is 17.5 Å². The van der Waals surface area contributed by atoms with Crippen LogP contribution in [0.2, 0.25) is 0 Å². The predicted molar refractivity (Wildman–Crippen MR) is 47.4 cm³/mol. The fraction of sp³-hybridized carbons (Fsp3) is 0.300. The van der Waals surface area contributed by atoms with Crippen molar-refractivity contribution < 1.29 is 18.7 Å². The van der Waals surface area contributed by atoms with Crippen molar-refractivity contribution in [3.05, 3.63) is 34.9 Å². The number of carbonyl (C=O) groups is 1. The first-order valence-electron chi connectivity index (χ1n) is 4.05. The van der Waals surface area contributed by atoms with Crippen molar-refractivity contribution in [2.45, 2.75) is 19.8 Å². The van der Waals surface area contributed by atoms with E-state index in [2.05, 4.69) is 0 Å². The van der Waals surface area contributed by atoms with E-state index in [0.717, 1.165) is 6.07 Å². The first-order valence-corrected chi connectivity index (χ1v) is 4.05. The molecule has 14 heavy (non-hydrogen) atoms. The van der Waals surface area contributed by atoms with Crippen molar-refractivity contribution >= 4 is 5.97 Å². The highest BCUT2D eigenvalue weighted by Gasteiger charge is 2.42. The minimum Gasteiger partial charge on any atom is -0.477 e. The summed E-state index contributed by atoms with van der Waals surface area (Å²) in [6, 6.07) is 4.22. The lowest BCUT2D eigenvalue weighted by molar-refractivity contribution is -0.166. The van der Waals surface area contributed by atoms with E-state index in [1.54, 1.807) is 13.0 Å². The summed E-state index contributed by atoms with van der Waals surface area (Å²) in [7, 11) is 0. The van der Waals surface area contributed by atoms with Crippen LogP contribution in [-0.4, -0.2) is 11.1 Å². The molecule has 4 heteroatoms. The number of alkyl halides is 2. The molecule has 0 heterocycles. The Labute approximate surface area is 80.2 Å². The van der Waals surface area contributed by atoms with Crippen molar-refractivity contribution in [3.63, 3.8) is 0 Å². The van der Waals surface area contributed by atoms with Crippen molar-refractivity contribution in [1.82, 2.24) is 0 Å². The summed E-state index contributed by atoms with van der Waals surface area (Å²) in [5.41, 5.74) is 0.535. The van der Waals surface area contributed by atoms with E-state index in [4.69, 9.17) is 5.11 Å². The molecule has 0 aliphatic carbocycles. The van der Waals surface area contributed by atoms with Gasteiger partial charge in [0, 0.05) is 5.56 Å². The Balaban J connectivity index is 3.33. The lowest BCUT2D eigenvalue weighted by atomic mass is 9.98. The molecule has 0 spiro atoms. The van der Waals surface area contributed by atoms with Crippen LogP contribution in [0.25, 0.3) is 0 Å². The van der Waals surface area contributed by atoms with Crippen LogP contribution < -0.4 is 0 Å². The van der Waals surface area contributed by atoms with Gasteiger partial charge in [-0.05, 0) is 25.0 Å². The van der Waals surface area contributed by atoms with Gasteiger partial charge in [-0.2, -0.15) is 8.78 Å². The molecule has 0 unspecified atom stereocenters. The normalized spacial score (nSPS) is 11.4. The molecule has 1 aromatic rings. The molecule has 76 valence electrons. The van der Waals surface area contributed by atoms with Gasteiger partial charge < -0.3 is 5.11 Å². The standard InChI is InChI=1S/C10H10F2O2/c1-6-4-3-5-8(7(6)2)10(11,12)9(13)14/h3-5H,1-2H3,(H,13,14). The third kappa shape index (κ3) is 1.60. The Morgan fingerprint density at radius 3 is 2.43 bits per heavy atom. The van der Waals surface area contributed by atoms with Crippen LogP contribution in [0.1, 0.15) is 16.7 Å². The van der Waals surface area contributed by atoms with Crippen molar-refractivity contribution in [3.8, 4) is 0 Å². The Hall–Kier alpha value is -1.45. The van der Waals surface area contributed by atoms with Gasteiger partial charge in [-0.3, -0.25) is 0 Å². The minimum absolute atomic E-state index is 0.319. The Morgan fingerprint density at radius 1 is 1.36 bits per heavy atom. The van der Waals surface area contributed by atoms with E-state index >= 15 is 0 Å². The quantitative estimate of drug-likeness (QED) is 0.796. The molecule has 0 aliphatic heterocycles. The molecule has 2 nitrogen and oxygen atoms in total. The number of hydrogen-bond donors (Lipinski definition) is 1. The van der Waals surface area contributed by atoms with Crippen LogP contribution in [0.15, 0.2) is 18.2 Å². The average molecular weight is 200 g/mol. The number of carboxylic acids is 1. The van der Waals surface area contributed by atoms with Crippen LogP contribution in [0, 0.1) is 13.8 Å².